The first-order valence-electron chi connectivity index (χ1n) is 5.48. The SMILES string of the molecule is CSCCCOc1c(F)cc(CCN)cc1F. The van der Waals surface area contributed by atoms with Gasteiger partial charge in [-0.2, -0.15) is 11.8 Å². The minimum Gasteiger partial charge on any atom is -0.488 e. The average Bonchev–Trinajstić information content (AvgIpc) is 2.27. The first kappa shape index (κ1) is 14.3. The minimum absolute atomic E-state index is 0.285. The van der Waals surface area contributed by atoms with Crippen molar-refractivity contribution in [2.45, 2.75) is 12.8 Å². The second-order valence-electron chi connectivity index (χ2n) is 3.62. The summed E-state index contributed by atoms with van der Waals surface area (Å²) < 4.78 is 32.2. The molecule has 0 aliphatic carbocycles. The summed E-state index contributed by atoms with van der Waals surface area (Å²) in [5.74, 6) is -0.684. The first-order chi connectivity index (χ1) is 8.19. The van der Waals surface area contributed by atoms with E-state index in [0.29, 0.717) is 25.1 Å². The standard InChI is InChI=1S/C12H17F2NOS/c1-17-6-2-5-16-12-10(13)7-9(3-4-15)8-11(12)14/h7-8H,2-6,15H2,1H3. The Bertz CT molecular complexity index is 337. The maximum atomic E-state index is 13.5. The van der Waals surface area contributed by atoms with Crippen LogP contribution in [0, 0.1) is 11.6 Å². The van der Waals surface area contributed by atoms with E-state index in [1.165, 1.54) is 12.1 Å². The van der Waals surface area contributed by atoms with Crippen LogP contribution >= 0.6 is 11.8 Å². The van der Waals surface area contributed by atoms with Crippen molar-refractivity contribution >= 4 is 11.8 Å². The normalized spacial score (nSPS) is 10.6. The zero-order valence-corrected chi connectivity index (χ0v) is 10.7. The molecule has 0 fully saturated rings. The molecule has 2 nitrogen and oxygen atoms in total. The lowest BCUT2D eigenvalue weighted by atomic mass is 10.1. The molecule has 0 aliphatic heterocycles. The Labute approximate surface area is 105 Å². The van der Waals surface area contributed by atoms with E-state index in [2.05, 4.69) is 0 Å². The van der Waals surface area contributed by atoms with Gasteiger partial charge >= 0.3 is 0 Å². The molecule has 0 saturated heterocycles. The van der Waals surface area contributed by atoms with E-state index in [1.54, 1.807) is 11.8 Å². The molecule has 1 aromatic rings. The van der Waals surface area contributed by atoms with Crippen molar-refractivity contribution in [1.82, 2.24) is 0 Å². The van der Waals surface area contributed by atoms with Gasteiger partial charge < -0.3 is 10.5 Å². The average molecular weight is 261 g/mol. The summed E-state index contributed by atoms with van der Waals surface area (Å²) in [4.78, 5) is 0. The van der Waals surface area contributed by atoms with Gasteiger partial charge in [-0.25, -0.2) is 8.78 Å². The molecule has 0 aromatic heterocycles. The summed E-state index contributed by atoms with van der Waals surface area (Å²) in [6.45, 7) is 0.692. The van der Waals surface area contributed by atoms with Crippen LogP contribution in [0.3, 0.4) is 0 Å². The molecule has 0 aliphatic rings. The molecule has 1 aromatic carbocycles. The molecule has 0 spiro atoms. The Morgan fingerprint density at radius 2 is 1.94 bits per heavy atom. The minimum atomic E-state index is -0.655. The molecule has 5 heteroatoms. The molecule has 0 atom stereocenters. The third-order valence-electron chi connectivity index (χ3n) is 2.23. The van der Waals surface area contributed by atoms with Crippen LogP contribution in [-0.4, -0.2) is 25.2 Å². The maximum Gasteiger partial charge on any atom is 0.190 e. The fourth-order valence-corrected chi connectivity index (χ4v) is 1.85. The van der Waals surface area contributed by atoms with E-state index in [-0.39, 0.29) is 5.75 Å². The fourth-order valence-electron chi connectivity index (χ4n) is 1.44. The van der Waals surface area contributed by atoms with Crippen molar-refractivity contribution < 1.29 is 13.5 Å². The number of rotatable bonds is 7. The third-order valence-corrected chi connectivity index (χ3v) is 2.93. The lowest BCUT2D eigenvalue weighted by molar-refractivity contribution is 0.285. The van der Waals surface area contributed by atoms with Crippen LogP contribution in [0.25, 0.3) is 0 Å². The molecule has 0 amide bonds. The highest BCUT2D eigenvalue weighted by Gasteiger charge is 2.12. The molecule has 0 heterocycles. The monoisotopic (exact) mass is 261 g/mol. The van der Waals surface area contributed by atoms with Crippen molar-refractivity contribution in [1.29, 1.82) is 0 Å². The summed E-state index contributed by atoms with van der Waals surface area (Å²) in [5, 5.41) is 0. The van der Waals surface area contributed by atoms with Crippen LogP contribution < -0.4 is 10.5 Å². The predicted octanol–water partition coefficient (Wildman–Crippen LogP) is 2.60. The molecule has 0 bridgehead atoms. The summed E-state index contributed by atoms with van der Waals surface area (Å²) in [6, 6.07) is 2.56. The second-order valence-corrected chi connectivity index (χ2v) is 4.61. The zero-order chi connectivity index (χ0) is 12.7. The topological polar surface area (TPSA) is 35.2 Å². The van der Waals surface area contributed by atoms with Gasteiger partial charge in [0.05, 0.1) is 6.61 Å². The van der Waals surface area contributed by atoms with Gasteiger partial charge in [0.15, 0.2) is 17.4 Å². The Morgan fingerprint density at radius 3 is 2.47 bits per heavy atom. The molecule has 0 saturated carbocycles. The molecule has 2 N–H and O–H groups in total. The lowest BCUT2D eigenvalue weighted by Gasteiger charge is -2.09. The van der Waals surface area contributed by atoms with Crippen LogP contribution in [0.4, 0.5) is 8.78 Å². The summed E-state index contributed by atoms with van der Waals surface area (Å²) in [5.41, 5.74) is 5.89. The van der Waals surface area contributed by atoms with Gasteiger partial charge in [-0.1, -0.05) is 0 Å². The van der Waals surface area contributed by atoms with E-state index in [0.717, 1.165) is 12.2 Å². The highest BCUT2D eigenvalue weighted by atomic mass is 32.2. The molecule has 17 heavy (non-hydrogen) atoms. The van der Waals surface area contributed by atoms with Gasteiger partial charge in [0.2, 0.25) is 0 Å². The maximum absolute atomic E-state index is 13.5. The van der Waals surface area contributed by atoms with Crippen molar-refractivity contribution in [3.8, 4) is 5.75 Å². The number of benzene rings is 1. The van der Waals surface area contributed by atoms with E-state index in [9.17, 15) is 8.78 Å². The van der Waals surface area contributed by atoms with Gasteiger partial charge in [0.25, 0.3) is 0 Å². The largest absolute Gasteiger partial charge is 0.488 e. The predicted molar refractivity (Wildman–Crippen MR) is 67.6 cm³/mol. The van der Waals surface area contributed by atoms with Crippen LogP contribution in [0.5, 0.6) is 5.75 Å². The smallest absolute Gasteiger partial charge is 0.190 e. The fraction of sp³-hybridized carbons (Fsp3) is 0.500. The number of ether oxygens (including phenoxy) is 1. The summed E-state index contributed by atoms with van der Waals surface area (Å²) >= 11 is 1.67. The quantitative estimate of drug-likeness (QED) is 0.766. The van der Waals surface area contributed by atoms with Gasteiger partial charge in [-0.05, 0) is 49.1 Å². The van der Waals surface area contributed by atoms with Crippen molar-refractivity contribution in [3.63, 3.8) is 0 Å². The molecule has 0 unspecified atom stereocenters. The Balaban J connectivity index is 2.65. The molecular formula is C12H17F2NOS. The van der Waals surface area contributed by atoms with Crippen LogP contribution in [0.1, 0.15) is 12.0 Å². The second kappa shape index (κ2) is 7.50. The Morgan fingerprint density at radius 1 is 1.29 bits per heavy atom. The molecular weight excluding hydrogens is 244 g/mol. The number of hydrogen-bond acceptors (Lipinski definition) is 3. The van der Waals surface area contributed by atoms with Crippen LogP contribution in [0.15, 0.2) is 12.1 Å². The third kappa shape index (κ3) is 4.52. The van der Waals surface area contributed by atoms with Gasteiger partial charge in [0, 0.05) is 0 Å². The number of halogens is 2. The van der Waals surface area contributed by atoms with Gasteiger partial charge in [-0.15, -0.1) is 0 Å². The van der Waals surface area contributed by atoms with E-state index < -0.39 is 11.6 Å². The summed E-state index contributed by atoms with van der Waals surface area (Å²) in [7, 11) is 0. The number of nitrogens with two attached hydrogens (primary N) is 1. The van der Waals surface area contributed by atoms with Gasteiger partial charge in [-0.3, -0.25) is 0 Å². The van der Waals surface area contributed by atoms with Crippen LogP contribution in [-0.2, 0) is 6.42 Å². The molecule has 1 rings (SSSR count). The lowest BCUT2D eigenvalue weighted by Crippen LogP contribution is -2.06. The van der Waals surface area contributed by atoms with Crippen molar-refractivity contribution in [3.05, 3.63) is 29.3 Å². The highest BCUT2D eigenvalue weighted by molar-refractivity contribution is 7.98. The van der Waals surface area contributed by atoms with Crippen molar-refractivity contribution in [2.24, 2.45) is 5.73 Å². The Kier molecular flexibility index (Phi) is 6.29. The van der Waals surface area contributed by atoms with Crippen molar-refractivity contribution in [2.75, 3.05) is 25.2 Å². The van der Waals surface area contributed by atoms with E-state index >= 15 is 0 Å². The number of hydrogen-bond donors (Lipinski definition) is 1. The number of thioether (sulfide) groups is 1. The highest BCUT2D eigenvalue weighted by Crippen LogP contribution is 2.23. The van der Waals surface area contributed by atoms with E-state index in [4.69, 9.17) is 10.5 Å². The first-order valence-corrected chi connectivity index (χ1v) is 6.88. The molecule has 0 radical (unpaired) electrons. The van der Waals surface area contributed by atoms with Gasteiger partial charge in [0.1, 0.15) is 0 Å². The van der Waals surface area contributed by atoms with E-state index in [1.807, 2.05) is 6.26 Å². The molecule has 96 valence electrons. The van der Waals surface area contributed by atoms with Crippen LogP contribution in [0.2, 0.25) is 0 Å². The Hall–Kier alpha value is -0.810. The summed E-state index contributed by atoms with van der Waals surface area (Å²) in [6.07, 6.45) is 3.20. The zero-order valence-electron chi connectivity index (χ0n) is 9.84.